The number of ether oxygens (including phenoxy) is 2. The zero-order chi connectivity index (χ0) is 23.8. The minimum absolute atomic E-state index is 0.0381. The Balaban J connectivity index is 1.14. The summed E-state index contributed by atoms with van der Waals surface area (Å²) in [5.41, 5.74) is 2.92. The summed E-state index contributed by atoms with van der Waals surface area (Å²) < 4.78 is 12.4. The molecular weight excluding hydrogens is 470 g/mol. The van der Waals surface area contributed by atoms with E-state index in [9.17, 15) is 4.79 Å². The highest BCUT2D eigenvalue weighted by molar-refractivity contribution is 6.30. The van der Waals surface area contributed by atoms with Gasteiger partial charge < -0.3 is 19.3 Å². The normalized spacial score (nSPS) is 15.3. The van der Waals surface area contributed by atoms with E-state index in [1.807, 2.05) is 35.2 Å². The number of piperazine rings is 1. The van der Waals surface area contributed by atoms with Crippen LogP contribution >= 0.6 is 11.6 Å². The zero-order valence-corrected chi connectivity index (χ0v) is 19.3. The molecule has 4 aromatic rings. The van der Waals surface area contributed by atoms with Crippen LogP contribution in [0.4, 0.5) is 5.82 Å². The van der Waals surface area contributed by atoms with Gasteiger partial charge in [-0.2, -0.15) is 4.68 Å². The van der Waals surface area contributed by atoms with Crippen LogP contribution in [0.1, 0.15) is 5.56 Å². The third-order valence-electron chi connectivity index (χ3n) is 6.00. The van der Waals surface area contributed by atoms with Crippen molar-refractivity contribution >= 4 is 40.6 Å². The number of hydrogen-bond acceptors (Lipinski definition) is 8. The van der Waals surface area contributed by atoms with Crippen molar-refractivity contribution in [1.82, 2.24) is 29.9 Å². The molecule has 1 fully saturated rings. The maximum atomic E-state index is 12.7. The Labute approximate surface area is 205 Å². The summed E-state index contributed by atoms with van der Waals surface area (Å²) >= 11 is 6.00. The maximum absolute atomic E-state index is 12.7. The Morgan fingerprint density at radius 3 is 2.60 bits per heavy atom. The molecule has 0 spiro atoms. The molecule has 2 aliphatic rings. The number of anilines is 1. The predicted molar refractivity (Wildman–Crippen MR) is 130 cm³/mol. The van der Waals surface area contributed by atoms with Crippen molar-refractivity contribution in [3.05, 3.63) is 65.5 Å². The smallest absolute Gasteiger partial charge is 0.246 e. The average Bonchev–Trinajstić information content (AvgIpc) is 3.55. The van der Waals surface area contributed by atoms with Gasteiger partial charge in [0.25, 0.3) is 0 Å². The Hall–Kier alpha value is -4.18. The highest BCUT2D eigenvalue weighted by atomic mass is 35.5. The molecule has 2 aliphatic heterocycles. The first-order chi connectivity index (χ1) is 17.2. The van der Waals surface area contributed by atoms with Gasteiger partial charge in [-0.05, 0) is 48.0 Å². The lowest BCUT2D eigenvalue weighted by molar-refractivity contribution is -0.126. The molecule has 10 nitrogen and oxygen atoms in total. The molecule has 4 heterocycles. The van der Waals surface area contributed by atoms with E-state index in [4.69, 9.17) is 21.1 Å². The molecule has 6 rings (SSSR count). The molecule has 176 valence electrons. The minimum atomic E-state index is -0.0381. The van der Waals surface area contributed by atoms with Crippen LogP contribution in [0, 0.1) is 0 Å². The monoisotopic (exact) mass is 489 g/mol. The van der Waals surface area contributed by atoms with Crippen molar-refractivity contribution in [2.24, 2.45) is 0 Å². The summed E-state index contributed by atoms with van der Waals surface area (Å²) in [6.45, 7) is 2.62. The van der Waals surface area contributed by atoms with Gasteiger partial charge in [0.05, 0.1) is 5.69 Å². The van der Waals surface area contributed by atoms with Gasteiger partial charge in [0.1, 0.15) is 6.33 Å². The van der Waals surface area contributed by atoms with Crippen molar-refractivity contribution in [3.63, 3.8) is 0 Å². The van der Waals surface area contributed by atoms with E-state index in [1.54, 1.807) is 29.0 Å². The number of halogens is 1. The van der Waals surface area contributed by atoms with Crippen molar-refractivity contribution in [2.45, 2.75) is 0 Å². The van der Waals surface area contributed by atoms with Gasteiger partial charge >= 0.3 is 0 Å². The summed E-state index contributed by atoms with van der Waals surface area (Å²) in [5, 5.41) is 9.25. The molecule has 35 heavy (non-hydrogen) atoms. The van der Waals surface area contributed by atoms with Crippen LogP contribution in [-0.4, -0.2) is 68.7 Å². The summed E-state index contributed by atoms with van der Waals surface area (Å²) in [6.07, 6.45) is 4.90. The molecule has 0 bridgehead atoms. The van der Waals surface area contributed by atoms with Gasteiger partial charge in [0.15, 0.2) is 28.5 Å². The third kappa shape index (κ3) is 4.12. The second kappa shape index (κ2) is 8.88. The quantitative estimate of drug-likeness (QED) is 0.403. The Morgan fingerprint density at radius 2 is 1.77 bits per heavy atom. The SMILES string of the molecule is O=C(/C=C/c1ccc2c(c1)OCO2)N1CCN(c2ncnc3c2nnn3-c2ccc(Cl)cc2)CC1. The first kappa shape index (κ1) is 21.4. The fourth-order valence-corrected chi connectivity index (χ4v) is 4.28. The van der Waals surface area contributed by atoms with Gasteiger partial charge in [0.2, 0.25) is 12.7 Å². The Kier molecular flexibility index (Phi) is 5.42. The van der Waals surface area contributed by atoms with E-state index in [2.05, 4.69) is 25.2 Å². The van der Waals surface area contributed by atoms with E-state index in [0.29, 0.717) is 53.9 Å². The number of hydrogen-bond donors (Lipinski definition) is 0. The maximum Gasteiger partial charge on any atom is 0.246 e. The number of aromatic nitrogens is 5. The van der Waals surface area contributed by atoms with Gasteiger partial charge in [0, 0.05) is 37.3 Å². The molecule has 0 atom stereocenters. The molecule has 1 saturated heterocycles. The molecule has 2 aromatic carbocycles. The standard InChI is InChI=1S/C24H20ClN7O3/c25-17-3-5-18(6-4-17)32-24-22(28-29-32)23(26-14-27-24)31-11-9-30(10-12-31)21(33)8-2-16-1-7-19-20(13-16)35-15-34-19/h1-8,13-14H,9-12,15H2/b8-2+. The van der Waals surface area contributed by atoms with E-state index >= 15 is 0 Å². The van der Waals surface area contributed by atoms with Crippen LogP contribution in [0.2, 0.25) is 5.02 Å². The molecule has 0 N–H and O–H groups in total. The van der Waals surface area contributed by atoms with E-state index in [0.717, 1.165) is 17.0 Å². The average molecular weight is 490 g/mol. The Bertz CT molecular complexity index is 1430. The van der Waals surface area contributed by atoms with Crippen LogP contribution < -0.4 is 14.4 Å². The lowest BCUT2D eigenvalue weighted by Gasteiger charge is -2.34. The predicted octanol–water partition coefficient (Wildman–Crippen LogP) is 2.95. The molecule has 1 amide bonds. The number of carbonyl (C=O) groups is 1. The lowest BCUT2D eigenvalue weighted by Crippen LogP contribution is -2.48. The molecule has 0 aliphatic carbocycles. The van der Waals surface area contributed by atoms with Crippen LogP contribution in [0.3, 0.4) is 0 Å². The molecule has 2 aromatic heterocycles. The van der Waals surface area contributed by atoms with Gasteiger partial charge in [-0.15, -0.1) is 5.10 Å². The first-order valence-corrected chi connectivity index (χ1v) is 11.5. The van der Waals surface area contributed by atoms with E-state index < -0.39 is 0 Å². The van der Waals surface area contributed by atoms with Gasteiger partial charge in [-0.25, -0.2) is 9.97 Å². The fourth-order valence-electron chi connectivity index (χ4n) is 4.15. The fraction of sp³-hybridized carbons (Fsp3) is 0.208. The number of carbonyl (C=O) groups excluding carboxylic acids is 1. The number of nitrogens with zero attached hydrogens (tertiary/aromatic N) is 7. The number of amides is 1. The largest absolute Gasteiger partial charge is 0.454 e. The van der Waals surface area contributed by atoms with Gasteiger partial charge in [-0.3, -0.25) is 4.79 Å². The van der Waals surface area contributed by atoms with Crippen molar-refractivity contribution < 1.29 is 14.3 Å². The van der Waals surface area contributed by atoms with Gasteiger partial charge in [-0.1, -0.05) is 22.9 Å². The second-order valence-corrected chi connectivity index (χ2v) is 8.54. The first-order valence-electron chi connectivity index (χ1n) is 11.1. The van der Waals surface area contributed by atoms with Crippen molar-refractivity contribution in [1.29, 1.82) is 0 Å². The molecular formula is C24H20ClN7O3. The van der Waals surface area contributed by atoms with Crippen molar-refractivity contribution in [3.8, 4) is 17.2 Å². The van der Waals surface area contributed by atoms with E-state index in [-0.39, 0.29) is 12.7 Å². The highest BCUT2D eigenvalue weighted by Crippen LogP contribution is 2.32. The number of benzene rings is 2. The van der Waals surface area contributed by atoms with E-state index in [1.165, 1.54) is 6.33 Å². The Morgan fingerprint density at radius 1 is 0.971 bits per heavy atom. The third-order valence-corrected chi connectivity index (χ3v) is 6.25. The lowest BCUT2D eigenvalue weighted by atomic mass is 10.2. The second-order valence-electron chi connectivity index (χ2n) is 8.11. The topological polar surface area (TPSA) is 98.5 Å². The summed E-state index contributed by atoms with van der Waals surface area (Å²) in [4.78, 5) is 25.5. The van der Waals surface area contributed by atoms with Crippen LogP contribution in [0.15, 0.2) is 54.9 Å². The molecule has 0 saturated carbocycles. The zero-order valence-electron chi connectivity index (χ0n) is 18.5. The summed E-state index contributed by atoms with van der Waals surface area (Å²) in [5.74, 6) is 2.08. The van der Waals surface area contributed by atoms with Crippen LogP contribution in [0.25, 0.3) is 22.9 Å². The molecule has 11 heteroatoms. The highest BCUT2D eigenvalue weighted by Gasteiger charge is 2.24. The summed E-state index contributed by atoms with van der Waals surface area (Å²) in [7, 11) is 0. The number of fused-ring (bicyclic) bond motifs is 2. The number of rotatable bonds is 4. The minimum Gasteiger partial charge on any atom is -0.454 e. The summed E-state index contributed by atoms with van der Waals surface area (Å²) in [6, 6.07) is 12.9. The molecule has 0 radical (unpaired) electrons. The van der Waals surface area contributed by atoms with Crippen LogP contribution in [-0.2, 0) is 4.79 Å². The van der Waals surface area contributed by atoms with Crippen LogP contribution in [0.5, 0.6) is 11.5 Å². The molecule has 0 unspecified atom stereocenters. The van der Waals surface area contributed by atoms with Crippen molar-refractivity contribution in [2.75, 3.05) is 37.9 Å².